The van der Waals surface area contributed by atoms with Gasteiger partial charge in [0.05, 0.1) is 0 Å². The third-order valence-corrected chi connectivity index (χ3v) is 31.4. The van der Waals surface area contributed by atoms with E-state index in [4.69, 9.17) is 126 Å². The Balaban J connectivity index is 0.000000339. The van der Waals surface area contributed by atoms with Crippen molar-refractivity contribution in [1.82, 2.24) is 0 Å². The first-order chi connectivity index (χ1) is 55.5. The Kier molecular flexibility index (Phi) is 55.9. The molecule has 22 nitrogen and oxygen atoms in total. The van der Waals surface area contributed by atoms with E-state index in [9.17, 15) is 0 Å². The van der Waals surface area contributed by atoms with Gasteiger partial charge in [-0.2, -0.15) is 0 Å². The van der Waals surface area contributed by atoms with Crippen molar-refractivity contribution in [3.8, 4) is 0 Å². The fourth-order valence-electron chi connectivity index (χ4n) is 22.3. The van der Waals surface area contributed by atoms with Gasteiger partial charge in [-0.25, -0.2) is 0 Å². The first kappa shape index (κ1) is 111. The van der Waals surface area contributed by atoms with Gasteiger partial charge in [-0.1, -0.05) is 93.4 Å². The molecule has 0 heterocycles. The van der Waals surface area contributed by atoms with Crippen molar-refractivity contribution in [3.05, 3.63) is 0 Å². The van der Waals surface area contributed by atoms with Gasteiger partial charge < -0.3 is 126 Å². The van der Waals surface area contributed by atoms with Gasteiger partial charge in [0.1, 0.15) is 0 Å². The molecule has 13 rings (SSSR count). The zero-order valence-electron chi connectivity index (χ0n) is 79.1. The van der Waals surface area contributed by atoms with Crippen LogP contribution in [0.2, 0.25) is 0 Å². The molecule has 21 unspecified atom stereocenters. The zero-order chi connectivity index (χ0) is 88.3. The normalized spacial score (nSPS) is 41.2. The van der Waals surface area contributed by atoms with Crippen molar-refractivity contribution < 1.29 is 0 Å². The van der Waals surface area contributed by atoms with Crippen LogP contribution in [-0.2, 0) is 0 Å². The Morgan fingerprint density at radius 1 is 0.288 bits per heavy atom. The lowest BCUT2D eigenvalue weighted by molar-refractivity contribution is 0.0904. The summed E-state index contributed by atoms with van der Waals surface area (Å²) in [4.78, 5) is 0. The molecule has 21 atom stereocenters. The summed E-state index contributed by atoms with van der Waals surface area (Å²) in [6.45, 7) is 26.4. The maximum Gasteiger partial charge on any atom is 0.0192 e. The number of hydrogen-bond acceptors (Lipinski definition) is 22. The van der Waals surface area contributed by atoms with Crippen molar-refractivity contribution in [2.45, 2.75) is 486 Å². The second-order valence-electron chi connectivity index (χ2n) is 44.4. The van der Waals surface area contributed by atoms with Gasteiger partial charge >= 0.3 is 0 Å². The van der Waals surface area contributed by atoms with Crippen molar-refractivity contribution in [1.29, 1.82) is 0 Å². The maximum atomic E-state index is 6.10. The Labute approximate surface area is 728 Å². The van der Waals surface area contributed by atoms with Crippen molar-refractivity contribution >= 4 is 0 Å². The van der Waals surface area contributed by atoms with Gasteiger partial charge in [-0.05, 0) is 411 Å². The van der Waals surface area contributed by atoms with Crippen LogP contribution in [0.3, 0.4) is 0 Å². The third-order valence-electron chi connectivity index (χ3n) is 31.4. The minimum Gasteiger partial charge on any atom is -0.330 e. The molecule has 0 aromatic rings. The fourth-order valence-corrected chi connectivity index (χ4v) is 22.3. The molecule has 44 N–H and O–H groups in total. The molecule has 704 valence electrons. The lowest BCUT2D eigenvalue weighted by Crippen LogP contribution is -2.48. The Bertz CT molecular complexity index is 2300. The molecule has 13 aliphatic carbocycles. The molecule has 13 saturated carbocycles. The smallest absolute Gasteiger partial charge is 0.0192 e. The van der Waals surface area contributed by atoms with Gasteiger partial charge in [0, 0.05) is 102 Å². The second-order valence-corrected chi connectivity index (χ2v) is 44.4. The minimum atomic E-state index is -0.0174. The van der Waals surface area contributed by atoms with Crippen LogP contribution in [0.4, 0.5) is 0 Å². The van der Waals surface area contributed by atoms with E-state index >= 15 is 0 Å². The molecular formula is C96H210N22. The molecule has 118 heavy (non-hydrogen) atoms. The first-order valence-electron chi connectivity index (χ1n) is 49.9. The highest BCUT2D eigenvalue weighted by Crippen LogP contribution is 2.45. The molecule has 22 heteroatoms. The number of rotatable bonds is 10. The molecule has 0 radical (unpaired) electrons. The van der Waals surface area contributed by atoms with E-state index in [1.807, 2.05) is 0 Å². The molecule has 0 bridgehead atoms. The molecule has 13 aliphatic rings. The van der Waals surface area contributed by atoms with Crippen LogP contribution in [0, 0.1) is 87.8 Å². The molecule has 0 aromatic carbocycles. The molecule has 0 spiro atoms. The molecule has 13 fully saturated rings. The van der Waals surface area contributed by atoms with Gasteiger partial charge in [0.25, 0.3) is 0 Å². The number of nitrogens with two attached hydrogens (primary N) is 22. The monoisotopic (exact) mass is 1670 g/mol. The SMILES string of the molecule is CC1(C)CC(N)CC(C)(CN)C1.CC1(N)CCC(C(C)(C)N)CC1.CC1C(N)CCCC1N.CC1CC(CC2CCC(N)C(C)C2)CCC1N.CC1CCC(N)CC1N.NC1CCC(CC2CCC(N)CC2)CC1.NC1CCC(N)CC1.NC1CCCC(N)C1.NC1CCCCC1N.NCC1CCCC(CN)C1.NCC1CCCCC1CN. The molecule has 0 amide bonds. The molecular weight excluding hydrogens is 1460 g/mol. The highest BCUT2D eigenvalue weighted by atomic mass is 14.8. The van der Waals surface area contributed by atoms with E-state index < -0.39 is 0 Å². The largest absolute Gasteiger partial charge is 0.330 e. The van der Waals surface area contributed by atoms with E-state index in [0.717, 1.165) is 188 Å². The van der Waals surface area contributed by atoms with Crippen molar-refractivity contribution in [2.24, 2.45) is 214 Å². The van der Waals surface area contributed by atoms with Gasteiger partial charge in [0.2, 0.25) is 0 Å². The number of hydrogen-bond donors (Lipinski definition) is 22. The summed E-state index contributed by atoms with van der Waals surface area (Å²) in [5.41, 5.74) is 128. The maximum absolute atomic E-state index is 6.10. The fraction of sp³-hybridized carbons (Fsp3) is 1.00. The third kappa shape index (κ3) is 47.8. The zero-order valence-corrected chi connectivity index (χ0v) is 79.1. The van der Waals surface area contributed by atoms with Crippen molar-refractivity contribution in [3.63, 3.8) is 0 Å². The van der Waals surface area contributed by atoms with E-state index in [-0.39, 0.29) is 28.6 Å². The average molecular weight is 1670 g/mol. The summed E-state index contributed by atoms with van der Waals surface area (Å²) in [7, 11) is 0. The van der Waals surface area contributed by atoms with Gasteiger partial charge in [0.15, 0.2) is 0 Å². The lowest BCUT2D eigenvalue weighted by Gasteiger charge is -2.45. The summed E-state index contributed by atoms with van der Waals surface area (Å²) >= 11 is 0. The van der Waals surface area contributed by atoms with E-state index in [1.165, 1.54) is 218 Å². The molecule has 0 aliphatic heterocycles. The van der Waals surface area contributed by atoms with Crippen LogP contribution in [0.15, 0.2) is 0 Å². The van der Waals surface area contributed by atoms with Crippen LogP contribution in [0.25, 0.3) is 0 Å². The summed E-state index contributed by atoms with van der Waals surface area (Å²) in [6.07, 6.45) is 60.9. The summed E-state index contributed by atoms with van der Waals surface area (Å²) in [6, 6.07) is 5.93. The van der Waals surface area contributed by atoms with Crippen molar-refractivity contribution in [2.75, 3.05) is 32.7 Å². The molecule has 0 saturated heterocycles. The highest BCUT2D eigenvalue weighted by molar-refractivity contribution is 4.96. The Hall–Kier alpha value is -0.880. The second kappa shape index (κ2) is 59.3. The van der Waals surface area contributed by atoms with E-state index in [2.05, 4.69) is 69.2 Å². The standard InChI is InChI=1S/C15H30N2.C13H26N2.2C10H22N2.2C8H18N2.2C7H16N2.3C6H14N2/c1-10-7-12(3-5-14(10)16)9-13-4-6-15(17)11(2)8-13;14-12-5-1-10(2-6-12)9-11-3-7-13(15)8-4-11;1-9(2)4-8(12)5-10(3,6-9)7-11;1-9(2,11)8-4-6-10(3,12)7-5-8;9-5-7-2-1-3-8(4-7)6-10;9-5-7-3-1-2-4-8(7)6-10;1-5-2-3-6(8)4-7(5)9;1-5-6(8)3-2-4-7(5)9;7-5-1-2-6(8)4-3-5;7-5-2-1-3-6(8)4-5;7-5-3-1-2-4-6(5)8/h10-15H,3-9,16-17H2,1-2H3;10-13H,1-9,14-15H2;2*8H,4-7,11-12H2,1-3H3;2*7-8H,1-6,9-10H2;2*5-7H,2-4,8-9H2,1H3;3*5-6H,1-4,7-8H2. The average Bonchev–Trinajstić information content (AvgIpc) is 0.811. The van der Waals surface area contributed by atoms with E-state index in [0.29, 0.717) is 102 Å². The van der Waals surface area contributed by atoms with Crippen LogP contribution < -0.4 is 126 Å². The molecule has 0 aromatic heterocycles. The predicted octanol–water partition coefficient (Wildman–Crippen LogP) is 11.4. The minimum absolute atomic E-state index is 0.0174. The van der Waals surface area contributed by atoms with E-state index in [1.54, 1.807) is 0 Å². The first-order valence-corrected chi connectivity index (χ1v) is 49.9. The van der Waals surface area contributed by atoms with Gasteiger partial charge in [-0.15, -0.1) is 0 Å². The topological polar surface area (TPSA) is 572 Å². The highest BCUT2D eigenvalue weighted by Gasteiger charge is 2.40. The lowest BCUT2D eigenvalue weighted by atomic mass is 9.63. The summed E-state index contributed by atoms with van der Waals surface area (Å²) < 4.78 is 0. The quantitative estimate of drug-likeness (QED) is 0.0966. The van der Waals surface area contributed by atoms with Gasteiger partial charge in [-0.3, -0.25) is 0 Å². The summed E-state index contributed by atoms with van der Waals surface area (Å²) in [5, 5.41) is 0. The van der Waals surface area contributed by atoms with Crippen LogP contribution in [0.1, 0.15) is 384 Å². The van der Waals surface area contributed by atoms with Crippen LogP contribution in [-0.4, -0.2) is 134 Å². The Morgan fingerprint density at radius 2 is 0.644 bits per heavy atom. The van der Waals surface area contributed by atoms with Crippen LogP contribution in [0.5, 0.6) is 0 Å². The van der Waals surface area contributed by atoms with Crippen LogP contribution >= 0.6 is 0 Å². The summed E-state index contributed by atoms with van der Waals surface area (Å²) in [5.74, 6) is 10.1. The predicted molar refractivity (Wildman–Crippen MR) is 512 cm³/mol. The Morgan fingerprint density at radius 3 is 0.975 bits per heavy atom.